The first-order chi connectivity index (χ1) is 7.07. The van der Waals surface area contributed by atoms with Crippen LogP contribution in [0.2, 0.25) is 0 Å². The third-order valence-corrected chi connectivity index (χ3v) is 2.12. The molecule has 0 aliphatic carbocycles. The molecule has 0 aliphatic heterocycles. The number of carboxylic acids is 1. The lowest BCUT2D eigenvalue weighted by molar-refractivity contribution is -0.139. The Labute approximate surface area is 90.0 Å². The zero-order valence-corrected chi connectivity index (χ0v) is 9.03. The fourth-order valence-corrected chi connectivity index (χ4v) is 1.23. The summed E-state index contributed by atoms with van der Waals surface area (Å²) in [7, 11) is 0. The van der Waals surface area contributed by atoms with Crippen LogP contribution in [0.5, 0.6) is 0 Å². The summed E-state index contributed by atoms with van der Waals surface area (Å²) in [6.45, 7) is 2.70. The zero-order valence-electron chi connectivity index (χ0n) is 9.03. The van der Waals surface area contributed by atoms with Crippen molar-refractivity contribution >= 4 is 11.9 Å². The van der Waals surface area contributed by atoms with Crippen molar-refractivity contribution in [2.75, 3.05) is 6.54 Å². The van der Waals surface area contributed by atoms with Gasteiger partial charge in [-0.1, -0.05) is 19.8 Å². The van der Waals surface area contributed by atoms with E-state index in [1.165, 1.54) is 0 Å². The van der Waals surface area contributed by atoms with Crippen LogP contribution in [-0.4, -0.2) is 29.6 Å². The van der Waals surface area contributed by atoms with Gasteiger partial charge in [-0.25, -0.2) is 0 Å². The van der Waals surface area contributed by atoms with E-state index in [2.05, 4.69) is 12.2 Å². The molecule has 0 heterocycles. The molecule has 0 unspecified atom stereocenters. The van der Waals surface area contributed by atoms with Crippen molar-refractivity contribution < 1.29 is 14.7 Å². The van der Waals surface area contributed by atoms with Crippen LogP contribution in [0.25, 0.3) is 0 Å². The molecule has 0 saturated carbocycles. The quantitative estimate of drug-likeness (QED) is 0.550. The number of rotatable bonds is 9. The average Bonchev–Trinajstić information content (AvgIpc) is 2.15. The van der Waals surface area contributed by atoms with Gasteiger partial charge in [-0.15, -0.1) is 5.73 Å². The molecule has 0 aliphatic rings. The first-order valence-corrected chi connectivity index (χ1v) is 5.26. The van der Waals surface area contributed by atoms with E-state index in [0.717, 1.165) is 19.3 Å². The molecule has 2 radical (unpaired) electrons. The van der Waals surface area contributed by atoms with Crippen molar-refractivity contribution in [3.63, 3.8) is 0 Å². The van der Waals surface area contributed by atoms with Gasteiger partial charge in [0, 0.05) is 6.42 Å². The molecule has 2 N–H and O–H groups in total. The Morgan fingerprint density at radius 2 is 2.07 bits per heavy atom. The van der Waals surface area contributed by atoms with Crippen LogP contribution in [0, 0.1) is 0 Å². The fraction of sp³-hybridized carbons (Fsp3) is 0.800. The van der Waals surface area contributed by atoms with E-state index in [4.69, 9.17) is 10.8 Å². The number of carbonyl (C=O) groups excluding carboxylic acids is 1. The zero-order chi connectivity index (χ0) is 11.7. The van der Waals surface area contributed by atoms with Gasteiger partial charge in [0.15, 0.2) is 0 Å². The van der Waals surface area contributed by atoms with Crippen molar-refractivity contribution in [3.05, 3.63) is 0 Å². The highest BCUT2D eigenvalue weighted by molar-refractivity contribution is 5.76. The predicted octanol–water partition coefficient (Wildman–Crippen LogP) is 0.595. The summed E-state index contributed by atoms with van der Waals surface area (Å²) < 4.78 is 0. The largest absolute Gasteiger partial charge is 0.480 e. The first-order valence-electron chi connectivity index (χ1n) is 5.26. The highest BCUT2D eigenvalue weighted by Crippen LogP contribution is 1.99. The summed E-state index contributed by atoms with van der Waals surface area (Å²) in [6, 6.07) is -0.738. The molecule has 0 aromatic carbocycles. The molecule has 86 valence electrons. The molecule has 0 aromatic rings. The molecular formula is C10H18N2O3. The molecule has 5 heteroatoms. The molecular weight excluding hydrogens is 196 g/mol. The normalized spacial score (nSPS) is 12.3. The van der Waals surface area contributed by atoms with Gasteiger partial charge in [-0.05, 0) is 19.4 Å². The molecule has 0 rings (SSSR count). The number of carbonyl (C=O) groups is 2. The monoisotopic (exact) mass is 214 g/mol. The average molecular weight is 214 g/mol. The van der Waals surface area contributed by atoms with Gasteiger partial charge in [0.05, 0.1) is 0 Å². The lowest BCUT2D eigenvalue weighted by Crippen LogP contribution is -2.37. The molecule has 0 aromatic heterocycles. The number of amides is 1. The van der Waals surface area contributed by atoms with Crippen LogP contribution < -0.4 is 11.1 Å². The van der Waals surface area contributed by atoms with Crippen LogP contribution in [0.3, 0.4) is 0 Å². The number of nitrogens with one attached hydrogen (secondary N) is 1. The number of carboxylic acid groups (broad SMARTS) is 1. The van der Waals surface area contributed by atoms with Crippen molar-refractivity contribution in [2.45, 2.75) is 45.1 Å². The Bertz CT molecular complexity index is 207. The van der Waals surface area contributed by atoms with Gasteiger partial charge in [-0.2, -0.15) is 0 Å². The molecule has 0 spiro atoms. The first kappa shape index (κ1) is 13.9. The molecule has 1 amide bonds. The van der Waals surface area contributed by atoms with Crippen LogP contribution >= 0.6 is 0 Å². The minimum absolute atomic E-state index is 0.113. The van der Waals surface area contributed by atoms with Crippen molar-refractivity contribution in [2.24, 2.45) is 0 Å². The lowest BCUT2D eigenvalue weighted by atomic mass is 10.1. The molecule has 0 bridgehead atoms. The van der Waals surface area contributed by atoms with Gasteiger partial charge in [-0.3, -0.25) is 9.59 Å². The second-order valence-corrected chi connectivity index (χ2v) is 3.48. The summed E-state index contributed by atoms with van der Waals surface area (Å²) >= 11 is 0. The highest BCUT2D eigenvalue weighted by Gasteiger charge is 2.17. The Kier molecular flexibility index (Phi) is 7.62. The van der Waals surface area contributed by atoms with Gasteiger partial charge < -0.3 is 10.4 Å². The van der Waals surface area contributed by atoms with Crippen LogP contribution in [0.4, 0.5) is 0 Å². The Hall–Kier alpha value is -1.10. The molecule has 0 fully saturated rings. The lowest BCUT2D eigenvalue weighted by Gasteiger charge is -2.12. The number of unbranched alkanes of at least 4 members (excludes halogenated alkanes) is 2. The van der Waals surface area contributed by atoms with E-state index in [0.29, 0.717) is 6.54 Å². The Balaban J connectivity index is 3.73. The summed E-state index contributed by atoms with van der Waals surface area (Å²) in [5.74, 6) is -1.94. The van der Waals surface area contributed by atoms with E-state index in [1.807, 2.05) is 0 Å². The number of aliphatic carboxylic acids is 1. The van der Waals surface area contributed by atoms with Gasteiger partial charge in [0.25, 0.3) is 5.91 Å². The van der Waals surface area contributed by atoms with Crippen molar-refractivity contribution in [1.29, 1.82) is 0 Å². The van der Waals surface area contributed by atoms with E-state index < -0.39 is 17.9 Å². The summed E-state index contributed by atoms with van der Waals surface area (Å²) in [5.41, 5.74) is 8.43. The van der Waals surface area contributed by atoms with Crippen LogP contribution in [0.1, 0.15) is 39.0 Å². The van der Waals surface area contributed by atoms with Gasteiger partial charge in [0.2, 0.25) is 0 Å². The fourth-order valence-electron chi connectivity index (χ4n) is 1.23. The maximum absolute atomic E-state index is 10.7. The third-order valence-electron chi connectivity index (χ3n) is 2.12. The molecule has 5 nitrogen and oxygen atoms in total. The summed E-state index contributed by atoms with van der Waals surface area (Å²) in [6.07, 6.45) is 3.08. The maximum Gasteiger partial charge on any atom is 0.320 e. The van der Waals surface area contributed by atoms with Gasteiger partial charge in [0.1, 0.15) is 6.04 Å². The standard InChI is InChI=1S/C10H18N2O3/c1-2-3-4-7-12-8(10(14)15)5-6-9(11)13/h8,12H,2-7H2,1H3,(H,14,15)/t8-/m0/s1. The number of nitrogens with zero attached hydrogens (tertiary/aromatic N) is 1. The minimum atomic E-state index is -0.979. The third kappa shape index (κ3) is 7.93. The predicted molar refractivity (Wildman–Crippen MR) is 55.3 cm³/mol. The van der Waals surface area contributed by atoms with Crippen LogP contribution in [-0.2, 0) is 9.59 Å². The van der Waals surface area contributed by atoms with Gasteiger partial charge >= 0.3 is 5.97 Å². The smallest absolute Gasteiger partial charge is 0.320 e. The number of hydrogen-bond acceptors (Lipinski definition) is 3. The minimum Gasteiger partial charge on any atom is -0.480 e. The summed E-state index contributed by atoms with van der Waals surface area (Å²) in [5, 5.41) is 11.6. The highest BCUT2D eigenvalue weighted by atomic mass is 16.4. The van der Waals surface area contributed by atoms with E-state index in [-0.39, 0.29) is 12.8 Å². The number of hydrogen-bond donors (Lipinski definition) is 2. The topological polar surface area (TPSA) is 88.7 Å². The second-order valence-electron chi connectivity index (χ2n) is 3.48. The van der Waals surface area contributed by atoms with E-state index >= 15 is 0 Å². The van der Waals surface area contributed by atoms with E-state index in [9.17, 15) is 9.59 Å². The second kappa shape index (κ2) is 8.23. The molecule has 1 atom stereocenters. The SMILES string of the molecule is CCCCCN[C@@H](CCC([N])=O)C(=O)O. The Morgan fingerprint density at radius 3 is 2.53 bits per heavy atom. The van der Waals surface area contributed by atoms with Crippen molar-refractivity contribution in [3.8, 4) is 0 Å². The Morgan fingerprint density at radius 1 is 1.40 bits per heavy atom. The van der Waals surface area contributed by atoms with Crippen LogP contribution in [0.15, 0.2) is 0 Å². The van der Waals surface area contributed by atoms with E-state index in [1.54, 1.807) is 0 Å². The maximum atomic E-state index is 10.7. The van der Waals surface area contributed by atoms with Crippen molar-refractivity contribution in [1.82, 2.24) is 11.1 Å². The summed E-state index contributed by atoms with van der Waals surface area (Å²) in [4.78, 5) is 21.0. The molecule has 0 saturated heterocycles. The molecule has 15 heavy (non-hydrogen) atoms.